The van der Waals surface area contributed by atoms with Crippen LogP contribution in [0.15, 0.2) is 36.9 Å². The summed E-state index contributed by atoms with van der Waals surface area (Å²) in [5.41, 5.74) is 5.10. The van der Waals surface area contributed by atoms with Crippen LogP contribution in [-0.2, 0) is 16.1 Å². The lowest BCUT2D eigenvalue weighted by atomic mass is 10.1. The molecule has 0 aromatic heterocycles. The SMILES string of the molecule is C=CC[C@H](OC(N)=O)C(=O)NCc1ccccc1[N+](=O)[O-]. The summed E-state index contributed by atoms with van der Waals surface area (Å²) in [5, 5.41) is 13.3. The van der Waals surface area contributed by atoms with E-state index in [9.17, 15) is 19.7 Å². The molecule has 1 aromatic rings. The Labute approximate surface area is 120 Å². The van der Waals surface area contributed by atoms with E-state index in [2.05, 4.69) is 16.6 Å². The molecule has 0 heterocycles. The Morgan fingerprint density at radius 3 is 2.71 bits per heavy atom. The summed E-state index contributed by atoms with van der Waals surface area (Å²) in [7, 11) is 0. The molecular weight excluding hydrogens is 278 g/mol. The van der Waals surface area contributed by atoms with Crippen molar-refractivity contribution < 1.29 is 19.2 Å². The van der Waals surface area contributed by atoms with Gasteiger partial charge in [0.15, 0.2) is 6.10 Å². The van der Waals surface area contributed by atoms with Gasteiger partial charge in [0.1, 0.15) is 0 Å². The third-order valence-corrected chi connectivity index (χ3v) is 2.57. The quantitative estimate of drug-likeness (QED) is 0.444. The Balaban J connectivity index is 2.73. The molecule has 0 unspecified atom stereocenters. The monoisotopic (exact) mass is 293 g/mol. The largest absolute Gasteiger partial charge is 0.436 e. The van der Waals surface area contributed by atoms with Gasteiger partial charge in [0.2, 0.25) is 0 Å². The molecule has 0 saturated heterocycles. The molecule has 3 N–H and O–H groups in total. The molecule has 0 saturated carbocycles. The Kier molecular flexibility index (Phi) is 5.87. The number of nitro benzene ring substituents is 1. The van der Waals surface area contributed by atoms with E-state index >= 15 is 0 Å². The number of para-hydroxylation sites is 1. The number of hydrogen-bond acceptors (Lipinski definition) is 5. The van der Waals surface area contributed by atoms with Crippen LogP contribution in [0, 0.1) is 10.1 Å². The minimum absolute atomic E-state index is 0.0637. The lowest BCUT2D eigenvalue weighted by molar-refractivity contribution is -0.385. The summed E-state index contributed by atoms with van der Waals surface area (Å²) in [4.78, 5) is 32.9. The van der Waals surface area contributed by atoms with E-state index in [0.29, 0.717) is 5.56 Å². The molecule has 2 amide bonds. The number of ether oxygens (including phenoxy) is 1. The molecule has 0 fully saturated rings. The zero-order valence-corrected chi connectivity index (χ0v) is 11.2. The molecule has 1 aromatic carbocycles. The maximum absolute atomic E-state index is 11.9. The van der Waals surface area contributed by atoms with E-state index in [4.69, 9.17) is 5.73 Å². The molecule has 1 atom stereocenters. The topological polar surface area (TPSA) is 125 Å². The number of rotatable bonds is 7. The normalized spacial score (nSPS) is 11.2. The zero-order chi connectivity index (χ0) is 15.8. The van der Waals surface area contributed by atoms with Gasteiger partial charge in [-0.15, -0.1) is 6.58 Å². The van der Waals surface area contributed by atoms with Crippen molar-refractivity contribution in [2.45, 2.75) is 19.1 Å². The van der Waals surface area contributed by atoms with E-state index < -0.39 is 23.0 Å². The van der Waals surface area contributed by atoms with Gasteiger partial charge in [0.25, 0.3) is 11.6 Å². The van der Waals surface area contributed by atoms with E-state index in [1.807, 2.05) is 0 Å². The molecule has 0 aliphatic rings. The summed E-state index contributed by atoms with van der Waals surface area (Å²) >= 11 is 0. The molecule has 112 valence electrons. The summed E-state index contributed by atoms with van der Waals surface area (Å²) in [6.45, 7) is 3.38. The number of primary amides is 1. The van der Waals surface area contributed by atoms with Crippen molar-refractivity contribution in [1.82, 2.24) is 5.32 Å². The number of hydrogen-bond donors (Lipinski definition) is 2. The van der Waals surface area contributed by atoms with Gasteiger partial charge in [-0.25, -0.2) is 4.79 Å². The summed E-state index contributed by atoms with van der Waals surface area (Å²) in [6, 6.07) is 6.01. The van der Waals surface area contributed by atoms with Gasteiger partial charge >= 0.3 is 6.09 Å². The second-order valence-corrected chi connectivity index (χ2v) is 4.05. The van der Waals surface area contributed by atoms with Crippen LogP contribution in [0.4, 0.5) is 10.5 Å². The maximum atomic E-state index is 11.9. The highest BCUT2D eigenvalue weighted by molar-refractivity contribution is 5.83. The Hall–Kier alpha value is -2.90. The van der Waals surface area contributed by atoms with Crippen LogP contribution in [0.1, 0.15) is 12.0 Å². The van der Waals surface area contributed by atoms with Crippen LogP contribution in [0.2, 0.25) is 0 Å². The number of nitro groups is 1. The third-order valence-electron chi connectivity index (χ3n) is 2.57. The van der Waals surface area contributed by atoms with Gasteiger partial charge in [-0.3, -0.25) is 14.9 Å². The van der Waals surface area contributed by atoms with E-state index in [0.717, 1.165) is 0 Å². The van der Waals surface area contributed by atoms with E-state index in [-0.39, 0.29) is 18.7 Å². The van der Waals surface area contributed by atoms with Gasteiger partial charge in [-0.1, -0.05) is 24.3 Å². The van der Waals surface area contributed by atoms with Crippen LogP contribution >= 0.6 is 0 Å². The lowest BCUT2D eigenvalue weighted by Crippen LogP contribution is -2.38. The molecule has 21 heavy (non-hydrogen) atoms. The molecule has 8 nitrogen and oxygen atoms in total. The maximum Gasteiger partial charge on any atom is 0.405 e. The van der Waals surface area contributed by atoms with Crippen LogP contribution in [0.25, 0.3) is 0 Å². The third kappa shape index (κ3) is 4.94. The van der Waals surface area contributed by atoms with Gasteiger partial charge in [-0.2, -0.15) is 0 Å². The van der Waals surface area contributed by atoms with Crippen LogP contribution in [0.5, 0.6) is 0 Å². The number of nitrogens with two attached hydrogens (primary N) is 1. The molecule has 0 radical (unpaired) electrons. The minimum Gasteiger partial charge on any atom is -0.436 e. The fraction of sp³-hybridized carbons (Fsp3) is 0.231. The molecule has 1 rings (SSSR count). The Bertz CT molecular complexity index is 558. The first kappa shape index (κ1) is 16.2. The van der Waals surface area contributed by atoms with E-state index in [1.54, 1.807) is 6.07 Å². The average Bonchev–Trinajstić information content (AvgIpc) is 2.44. The first-order valence-corrected chi connectivity index (χ1v) is 6.02. The standard InChI is InChI=1S/C13H15N3O5/c1-2-5-11(21-13(14)18)12(17)15-8-9-6-3-4-7-10(9)16(19)20/h2-4,6-7,11H,1,5,8H2,(H2,14,18)(H,15,17)/t11-/m0/s1. The molecule has 0 spiro atoms. The van der Waals surface area contributed by atoms with Gasteiger partial charge in [0, 0.05) is 24.6 Å². The van der Waals surface area contributed by atoms with Crippen molar-refractivity contribution in [2.75, 3.05) is 0 Å². The fourth-order valence-corrected chi connectivity index (χ4v) is 1.63. The van der Waals surface area contributed by atoms with Crippen molar-refractivity contribution in [3.8, 4) is 0 Å². The predicted octanol–water partition coefficient (Wildman–Crippen LogP) is 1.25. The Morgan fingerprint density at radius 2 is 2.14 bits per heavy atom. The minimum atomic E-state index is -1.11. The molecule has 8 heteroatoms. The van der Waals surface area contributed by atoms with Gasteiger partial charge < -0.3 is 15.8 Å². The second-order valence-electron chi connectivity index (χ2n) is 4.05. The van der Waals surface area contributed by atoms with Crippen molar-refractivity contribution in [1.29, 1.82) is 0 Å². The first-order valence-electron chi connectivity index (χ1n) is 6.02. The number of nitrogens with zero attached hydrogens (tertiary/aromatic N) is 1. The summed E-state index contributed by atoms with van der Waals surface area (Å²) in [6.07, 6.45) is -0.699. The van der Waals surface area contributed by atoms with Crippen molar-refractivity contribution >= 4 is 17.7 Å². The zero-order valence-electron chi connectivity index (χ0n) is 11.2. The molecule has 0 bridgehead atoms. The van der Waals surface area contributed by atoms with Gasteiger partial charge in [0.05, 0.1) is 4.92 Å². The number of nitrogens with one attached hydrogen (secondary N) is 1. The Morgan fingerprint density at radius 1 is 1.48 bits per heavy atom. The fourth-order valence-electron chi connectivity index (χ4n) is 1.63. The highest BCUT2D eigenvalue weighted by Crippen LogP contribution is 2.17. The van der Waals surface area contributed by atoms with Crippen molar-refractivity contribution in [3.63, 3.8) is 0 Å². The van der Waals surface area contributed by atoms with Crippen molar-refractivity contribution in [2.24, 2.45) is 5.73 Å². The van der Waals surface area contributed by atoms with Crippen molar-refractivity contribution in [3.05, 3.63) is 52.6 Å². The highest BCUT2D eigenvalue weighted by atomic mass is 16.6. The van der Waals surface area contributed by atoms with Gasteiger partial charge in [-0.05, 0) is 0 Å². The lowest BCUT2D eigenvalue weighted by Gasteiger charge is -2.14. The summed E-state index contributed by atoms with van der Waals surface area (Å²) < 4.78 is 4.64. The molecule has 0 aliphatic carbocycles. The molecule has 0 aliphatic heterocycles. The van der Waals surface area contributed by atoms with Crippen LogP contribution < -0.4 is 11.1 Å². The number of amides is 2. The van der Waals surface area contributed by atoms with E-state index in [1.165, 1.54) is 24.3 Å². The predicted molar refractivity (Wildman–Crippen MR) is 74.2 cm³/mol. The summed E-state index contributed by atoms with van der Waals surface area (Å²) in [5.74, 6) is -0.605. The average molecular weight is 293 g/mol. The molecular formula is C13H15N3O5. The number of carbonyl (C=O) groups is 2. The van der Waals surface area contributed by atoms with Crippen LogP contribution in [0.3, 0.4) is 0 Å². The number of carbonyl (C=O) groups excluding carboxylic acids is 2. The highest BCUT2D eigenvalue weighted by Gasteiger charge is 2.21. The first-order chi connectivity index (χ1) is 9.95. The van der Waals surface area contributed by atoms with Crippen LogP contribution in [-0.4, -0.2) is 23.0 Å². The second kappa shape index (κ2) is 7.63. The smallest absolute Gasteiger partial charge is 0.405 e. The number of benzene rings is 1.